The van der Waals surface area contributed by atoms with Crippen LogP contribution in [0.3, 0.4) is 0 Å². The molecule has 0 aliphatic rings. The molecule has 1 aromatic heterocycles. The van der Waals surface area contributed by atoms with Crippen LogP contribution in [-0.2, 0) is 13.0 Å². The summed E-state index contributed by atoms with van der Waals surface area (Å²) in [7, 11) is 0. The summed E-state index contributed by atoms with van der Waals surface area (Å²) >= 11 is 0. The first-order chi connectivity index (χ1) is 14.2. The molecule has 3 aromatic rings. The first kappa shape index (κ1) is 20.7. The number of guanidine groups is 1. The Labute approximate surface area is 172 Å². The maximum atomic E-state index is 9.35. The zero-order valence-electron chi connectivity index (χ0n) is 17.4. The van der Waals surface area contributed by atoms with E-state index in [9.17, 15) is 5.11 Å². The molecular formula is C23H31N5O. The van der Waals surface area contributed by atoms with Gasteiger partial charge in [0, 0.05) is 26.2 Å². The molecule has 6 nitrogen and oxygen atoms in total. The summed E-state index contributed by atoms with van der Waals surface area (Å²) in [5.41, 5.74) is 3.47. The van der Waals surface area contributed by atoms with Gasteiger partial charge in [-0.1, -0.05) is 24.3 Å². The number of phenolic OH excluding ortho intramolecular Hbond substituents is 1. The van der Waals surface area contributed by atoms with Crippen molar-refractivity contribution in [2.24, 2.45) is 4.99 Å². The van der Waals surface area contributed by atoms with Gasteiger partial charge in [-0.15, -0.1) is 0 Å². The van der Waals surface area contributed by atoms with Crippen molar-refractivity contribution in [3.05, 3.63) is 59.9 Å². The molecule has 0 amide bonds. The van der Waals surface area contributed by atoms with Gasteiger partial charge < -0.3 is 20.3 Å². The Kier molecular flexibility index (Phi) is 7.50. The highest BCUT2D eigenvalue weighted by Gasteiger charge is 2.06. The number of aromatic hydroxyl groups is 1. The predicted molar refractivity (Wildman–Crippen MR) is 119 cm³/mol. The molecule has 0 radical (unpaired) electrons. The van der Waals surface area contributed by atoms with Crippen LogP contribution in [0.2, 0.25) is 0 Å². The Morgan fingerprint density at radius 1 is 1.07 bits per heavy atom. The third-order valence-electron chi connectivity index (χ3n) is 4.87. The van der Waals surface area contributed by atoms with Crippen LogP contribution in [0.1, 0.15) is 31.2 Å². The van der Waals surface area contributed by atoms with Crippen molar-refractivity contribution >= 4 is 17.0 Å². The summed E-state index contributed by atoms with van der Waals surface area (Å²) < 4.78 is 2.27. The first-order valence-electron chi connectivity index (χ1n) is 10.4. The molecule has 0 fully saturated rings. The average molecular weight is 394 g/mol. The van der Waals surface area contributed by atoms with Crippen LogP contribution in [0.25, 0.3) is 11.0 Å². The maximum absolute atomic E-state index is 9.35. The van der Waals surface area contributed by atoms with Gasteiger partial charge in [0.25, 0.3) is 0 Å². The van der Waals surface area contributed by atoms with Crippen molar-refractivity contribution in [1.29, 1.82) is 0 Å². The second-order valence-corrected chi connectivity index (χ2v) is 7.11. The third-order valence-corrected chi connectivity index (χ3v) is 4.87. The molecule has 0 saturated carbocycles. The van der Waals surface area contributed by atoms with Crippen molar-refractivity contribution in [1.82, 2.24) is 20.2 Å². The van der Waals surface area contributed by atoms with Gasteiger partial charge in [-0.3, -0.25) is 4.99 Å². The van der Waals surface area contributed by atoms with E-state index in [1.165, 1.54) is 11.1 Å². The largest absolute Gasteiger partial charge is 0.508 e. The predicted octanol–water partition coefficient (Wildman–Crippen LogP) is 3.63. The number of para-hydroxylation sites is 2. The molecule has 6 heteroatoms. The minimum atomic E-state index is 0.312. The molecular weight excluding hydrogens is 362 g/mol. The molecule has 154 valence electrons. The average Bonchev–Trinajstić information content (AvgIpc) is 3.05. The van der Waals surface area contributed by atoms with E-state index in [0.29, 0.717) is 5.75 Å². The van der Waals surface area contributed by atoms with Gasteiger partial charge in [-0.2, -0.15) is 0 Å². The van der Waals surface area contributed by atoms with Gasteiger partial charge >= 0.3 is 0 Å². The number of fused-ring (bicyclic) bond motifs is 1. The Bertz CT molecular complexity index is 930. The van der Waals surface area contributed by atoms with Crippen molar-refractivity contribution in [2.45, 2.75) is 39.7 Å². The van der Waals surface area contributed by atoms with E-state index in [-0.39, 0.29) is 0 Å². The Balaban J connectivity index is 1.44. The first-order valence-corrected chi connectivity index (χ1v) is 10.4. The minimum Gasteiger partial charge on any atom is -0.508 e. The van der Waals surface area contributed by atoms with Crippen LogP contribution in [-0.4, -0.2) is 40.3 Å². The zero-order valence-corrected chi connectivity index (χ0v) is 17.4. The lowest BCUT2D eigenvalue weighted by atomic mass is 10.1. The van der Waals surface area contributed by atoms with Crippen LogP contribution in [0, 0.1) is 6.92 Å². The number of rotatable bonds is 9. The van der Waals surface area contributed by atoms with E-state index in [1.807, 2.05) is 18.2 Å². The van der Waals surface area contributed by atoms with Crippen LogP contribution >= 0.6 is 0 Å². The lowest BCUT2D eigenvalue weighted by molar-refractivity contribution is 0.475. The van der Waals surface area contributed by atoms with E-state index < -0.39 is 0 Å². The quantitative estimate of drug-likeness (QED) is 0.295. The fourth-order valence-electron chi connectivity index (χ4n) is 3.40. The number of aliphatic imine (C=N–C) groups is 1. The van der Waals surface area contributed by atoms with E-state index in [2.05, 4.69) is 52.2 Å². The Hall–Kier alpha value is -3.02. The number of hydrogen-bond donors (Lipinski definition) is 3. The molecule has 3 rings (SSSR count). The van der Waals surface area contributed by atoms with Crippen LogP contribution < -0.4 is 10.6 Å². The second kappa shape index (κ2) is 10.5. The number of hydrogen-bond acceptors (Lipinski definition) is 3. The van der Waals surface area contributed by atoms with Crippen molar-refractivity contribution in [3.63, 3.8) is 0 Å². The topological polar surface area (TPSA) is 74.5 Å². The third kappa shape index (κ3) is 5.98. The summed E-state index contributed by atoms with van der Waals surface area (Å²) in [6.07, 6.45) is 2.94. The molecule has 1 heterocycles. The monoisotopic (exact) mass is 393 g/mol. The summed E-state index contributed by atoms with van der Waals surface area (Å²) in [6, 6.07) is 15.7. The highest BCUT2D eigenvalue weighted by Crippen LogP contribution is 2.15. The lowest BCUT2D eigenvalue weighted by Gasteiger charge is -2.12. The summed E-state index contributed by atoms with van der Waals surface area (Å²) in [5, 5.41) is 16.1. The van der Waals surface area contributed by atoms with Gasteiger partial charge in [-0.05, 0) is 62.9 Å². The van der Waals surface area contributed by atoms with Crippen LogP contribution in [0.4, 0.5) is 0 Å². The number of nitrogens with zero attached hydrogens (tertiary/aromatic N) is 3. The van der Waals surface area contributed by atoms with Gasteiger partial charge in [0.15, 0.2) is 5.96 Å². The molecule has 0 bridgehead atoms. The lowest BCUT2D eigenvalue weighted by Crippen LogP contribution is -2.38. The number of benzene rings is 2. The Morgan fingerprint density at radius 2 is 1.86 bits per heavy atom. The smallest absolute Gasteiger partial charge is 0.191 e. The van der Waals surface area contributed by atoms with E-state index in [4.69, 9.17) is 4.99 Å². The summed E-state index contributed by atoms with van der Waals surface area (Å²) in [6.45, 7) is 7.51. The fourth-order valence-corrected chi connectivity index (χ4v) is 3.40. The molecule has 0 aliphatic heterocycles. The molecule has 3 N–H and O–H groups in total. The molecule has 0 atom stereocenters. The van der Waals surface area contributed by atoms with Crippen molar-refractivity contribution < 1.29 is 5.11 Å². The summed E-state index contributed by atoms with van der Waals surface area (Å²) in [5.74, 6) is 2.23. The van der Waals surface area contributed by atoms with Gasteiger partial charge in [0.1, 0.15) is 11.6 Å². The maximum Gasteiger partial charge on any atom is 0.191 e. The Morgan fingerprint density at radius 3 is 2.66 bits per heavy atom. The van der Waals surface area contributed by atoms with E-state index >= 15 is 0 Å². The highest BCUT2D eigenvalue weighted by molar-refractivity contribution is 5.79. The number of aromatic nitrogens is 2. The summed E-state index contributed by atoms with van der Waals surface area (Å²) in [4.78, 5) is 9.33. The number of phenols is 1. The van der Waals surface area contributed by atoms with Crippen LogP contribution in [0.15, 0.2) is 53.5 Å². The standard InChI is InChI=1S/C23H31N5O/c1-3-24-23(25-15-6-8-19-11-13-20(29)14-12-19)26-16-7-17-28-18(2)27-21-9-4-5-10-22(21)28/h4-5,9-14,29H,3,6-8,15-17H2,1-2H3,(H2,24,25,26). The van der Waals surface area contributed by atoms with Crippen molar-refractivity contribution in [3.8, 4) is 5.75 Å². The fraction of sp³-hybridized carbons (Fsp3) is 0.391. The molecule has 0 aliphatic carbocycles. The SMILES string of the molecule is CCNC(=NCCCn1c(C)nc2ccccc21)NCCCc1ccc(O)cc1. The number of nitrogens with one attached hydrogen (secondary N) is 2. The molecule has 2 aromatic carbocycles. The highest BCUT2D eigenvalue weighted by atomic mass is 16.3. The molecule has 0 saturated heterocycles. The van der Waals surface area contributed by atoms with E-state index in [0.717, 1.165) is 62.7 Å². The molecule has 29 heavy (non-hydrogen) atoms. The van der Waals surface area contributed by atoms with E-state index in [1.54, 1.807) is 12.1 Å². The van der Waals surface area contributed by atoms with Crippen molar-refractivity contribution in [2.75, 3.05) is 19.6 Å². The second-order valence-electron chi connectivity index (χ2n) is 7.11. The van der Waals surface area contributed by atoms with Gasteiger partial charge in [0.2, 0.25) is 0 Å². The van der Waals surface area contributed by atoms with Crippen LogP contribution in [0.5, 0.6) is 5.75 Å². The normalized spacial score (nSPS) is 11.7. The van der Waals surface area contributed by atoms with Gasteiger partial charge in [0.05, 0.1) is 11.0 Å². The number of imidazole rings is 1. The minimum absolute atomic E-state index is 0.312. The number of aryl methyl sites for hydroxylation is 3. The zero-order chi connectivity index (χ0) is 20.5. The van der Waals surface area contributed by atoms with Gasteiger partial charge in [-0.25, -0.2) is 4.98 Å². The molecule has 0 unspecified atom stereocenters. The molecule has 0 spiro atoms.